The van der Waals surface area contributed by atoms with Crippen LogP contribution in [0.2, 0.25) is 0 Å². The Morgan fingerprint density at radius 2 is 2.18 bits per heavy atom. The molecule has 1 aliphatic heterocycles. The Bertz CT molecular complexity index is 328. The van der Waals surface area contributed by atoms with Crippen LogP contribution in [0, 0.1) is 0 Å². The van der Waals surface area contributed by atoms with Gasteiger partial charge in [-0.2, -0.15) is 0 Å². The van der Waals surface area contributed by atoms with Crippen molar-refractivity contribution in [2.45, 2.75) is 45.8 Å². The van der Waals surface area contributed by atoms with Gasteiger partial charge in [-0.15, -0.1) is 0 Å². The lowest BCUT2D eigenvalue weighted by atomic mass is 10.0. The van der Waals surface area contributed by atoms with Gasteiger partial charge in [-0.25, -0.2) is 4.98 Å². The van der Waals surface area contributed by atoms with Crippen molar-refractivity contribution in [2.75, 3.05) is 19.6 Å². The van der Waals surface area contributed by atoms with Crippen LogP contribution in [0.25, 0.3) is 0 Å². The largest absolute Gasteiger partial charge is 0.334 e. The van der Waals surface area contributed by atoms with Crippen molar-refractivity contribution in [2.24, 2.45) is 0 Å². The molecular weight excluding hydrogens is 212 g/mol. The molecule has 0 atom stereocenters. The molecule has 0 unspecified atom stereocenters. The quantitative estimate of drug-likeness (QED) is 0.840. The number of imidazole rings is 1. The van der Waals surface area contributed by atoms with Gasteiger partial charge in [-0.05, 0) is 39.4 Å². The summed E-state index contributed by atoms with van der Waals surface area (Å²) in [5.41, 5.74) is 1.34. The maximum Gasteiger partial charge on any atom is 0.0948 e. The molecule has 1 N–H and O–H groups in total. The normalized spacial score (nSPS) is 17.8. The van der Waals surface area contributed by atoms with Crippen LogP contribution in [0.3, 0.4) is 0 Å². The van der Waals surface area contributed by atoms with Gasteiger partial charge in [-0.3, -0.25) is 4.90 Å². The number of nitrogens with one attached hydrogen (secondary N) is 1. The van der Waals surface area contributed by atoms with Gasteiger partial charge in [0.15, 0.2) is 0 Å². The van der Waals surface area contributed by atoms with Gasteiger partial charge in [-0.1, -0.05) is 6.92 Å². The smallest absolute Gasteiger partial charge is 0.0948 e. The number of aromatic nitrogens is 2. The van der Waals surface area contributed by atoms with Gasteiger partial charge in [0, 0.05) is 25.3 Å². The summed E-state index contributed by atoms with van der Waals surface area (Å²) in [6.45, 7) is 9.93. The first-order valence-electron chi connectivity index (χ1n) is 6.79. The van der Waals surface area contributed by atoms with Crippen LogP contribution >= 0.6 is 0 Å². The van der Waals surface area contributed by atoms with Gasteiger partial charge in [0.25, 0.3) is 0 Å². The molecule has 0 saturated carbocycles. The number of piperidine rings is 1. The molecule has 0 aromatic carbocycles. The minimum absolute atomic E-state index is 0.737. The number of aryl methyl sites for hydroxylation is 1. The molecule has 1 saturated heterocycles. The molecule has 0 bridgehead atoms. The van der Waals surface area contributed by atoms with E-state index in [9.17, 15) is 0 Å². The number of rotatable bonds is 5. The Morgan fingerprint density at radius 1 is 1.41 bits per heavy atom. The Morgan fingerprint density at radius 3 is 2.82 bits per heavy atom. The summed E-state index contributed by atoms with van der Waals surface area (Å²) < 4.78 is 2.24. The van der Waals surface area contributed by atoms with Crippen LogP contribution in [0.4, 0.5) is 0 Å². The molecule has 1 aliphatic rings. The van der Waals surface area contributed by atoms with E-state index in [4.69, 9.17) is 0 Å². The first kappa shape index (κ1) is 12.6. The SMILES string of the molecule is CCN(Cc1cncn1CC)C1CCNCC1. The third-order valence-corrected chi connectivity index (χ3v) is 3.74. The molecule has 0 spiro atoms. The second-order valence-electron chi connectivity index (χ2n) is 4.72. The molecule has 17 heavy (non-hydrogen) atoms. The Hall–Kier alpha value is -0.870. The standard InChI is InChI=1S/C13H24N4/c1-3-16(12-5-7-14-8-6-12)10-13-9-15-11-17(13)4-2/h9,11-12,14H,3-8,10H2,1-2H3. The first-order chi connectivity index (χ1) is 8.35. The summed E-state index contributed by atoms with van der Waals surface area (Å²) in [6.07, 6.45) is 6.49. The lowest BCUT2D eigenvalue weighted by molar-refractivity contribution is 0.158. The number of hydrogen-bond donors (Lipinski definition) is 1. The molecular formula is C13H24N4. The van der Waals surface area contributed by atoms with Crippen molar-refractivity contribution in [1.82, 2.24) is 19.8 Å². The van der Waals surface area contributed by atoms with E-state index >= 15 is 0 Å². The van der Waals surface area contributed by atoms with Gasteiger partial charge in [0.1, 0.15) is 0 Å². The van der Waals surface area contributed by atoms with Crippen molar-refractivity contribution in [3.63, 3.8) is 0 Å². The molecule has 2 rings (SSSR count). The average Bonchev–Trinajstić information content (AvgIpc) is 2.84. The molecule has 0 amide bonds. The summed E-state index contributed by atoms with van der Waals surface area (Å²) in [4.78, 5) is 6.84. The molecule has 4 nitrogen and oxygen atoms in total. The lowest BCUT2D eigenvalue weighted by Crippen LogP contribution is -2.42. The van der Waals surface area contributed by atoms with E-state index in [-0.39, 0.29) is 0 Å². The summed E-state index contributed by atoms with van der Waals surface area (Å²) in [6, 6.07) is 0.737. The number of nitrogens with zero attached hydrogens (tertiary/aromatic N) is 3. The van der Waals surface area contributed by atoms with Gasteiger partial charge in [0.2, 0.25) is 0 Å². The highest BCUT2D eigenvalue weighted by Crippen LogP contribution is 2.15. The maximum absolute atomic E-state index is 4.25. The highest BCUT2D eigenvalue weighted by molar-refractivity contribution is 4.99. The van der Waals surface area contributed by atoms with Gasteiger partial charge < -0.3 is 9.88 Å². The molecule has 1 fully saturated rings. The fourth-order valence-electron chi connectivity index (χ4n) is 2.64. The van der Waals surface area contributed by atoms with Crippen molar-refractivity contribution in [3.05, 3.63) is 18.2 Å². The van der Waals surface area contributed by atoms with Crippen LogP contribution in [0.1, 0.15) is 32.4 Å². The monoisotopic (exact) mass is 236 g/mol. The van der Waals surface area contributed by atoms with Crippen LogP contribution in [-0.2, 0) is 13.1 Å². The second kappa shape index (κ2) is 6.17. The van der Waals surface area contributed by atoms with E-state index in [1.165, 1.54) is 18.5 Å². The predicted molar refractivity (Wildman–Crippen MR) is 69.9 cm³/mol. The van der Waals surface area contributed by atoms with Gasteiger partial charge >= 0.3 is 0 Å². The van der Waals surface area contributed by atoms with E-state index in [2.05, 4.69) is 33.6 Å². The zero-order valence-electron chi connectivity index (χ0n) is 11.0. The molecule has 1 aromatic rings. The van der Waals surface area contributed by atoms with Crippen molar-refractivity contribution >= 4 is 0 Å². The zero-order chi connectivity index (χ0) is 12.1. The van der Waals surface area contributed by atoms with Crippen LogP contribution in [0.15, 0.2) is 12.5 Å². The zero-order valence-corrected chi connectivity index (χ0v) is 11.0. The fourth-order valence-corrected chi connectivity index (χ4v) is 2.64. The maximum atomic E-state index is 4.25. The summed E-state index contributed by atoms with van der Waals surface area (Å²) in [5.74, 6) is 0. The summed E-state index contributed by atoms with van der Waals surface area (Å²) in [7, 11) is 0. The van der Waals surface area contributed by atoms with Crippen LogP contribution < -0.4 is 5.32 Å². The highest BCUT2D eigenvalue weighted by Gasteiger charge is 2.20. The molecule has 1 aromatic heterocycles. The minimum atomic E-state index is 0.737. The summed E-state index contributed by atoms with van der Waals surface area (Å²) >= 11 is 0. The van der Waals surface area contributed by atoms with Crippen molar-refractivity contribution in [3.8, 4) is 0 Å². The fraction of sp³-hybridized carbons (Fsp3) is 0.769. The van der Waals surface area contributed by atoms with E-state index in [1.54, 1.807) is 0 Å². The second-order valence-corrected chi connectivity index (χ2v) is 4.72. The minimum Gasteiger partial charge on any atom is -0.334 e. The van der Waals surface area contributed by atoms with E-state index in [0.29, 0.717) is 0 Å². The van der Waals surface area contributed by atoms with E-state index in [0.717, 1.165) is 38.8 Å². The molecule has 96 valence electrons. The Labute approximate surface area is 104 Å². The van der Waals surface area contributed by atoms with Gasteiger partial charge in [0.05, 0.1) is 12.0 Å². The molecule has 0 aliphatic carbocycles. The Balaban J connectivity index is 1.98. The highest BCUT2D eigenvalue weighted by atomic mass is 15.2. The average molecular weight is 236 g/mol. The van der Waals surface area contributed by atoms with Crippen LogP contribution in [0.5, 0.6) is 0 Å². The first-order valence-corrected chi connectivity index (χ1v) is 6.79. The van der Waals surface area contributed by atoms with Crippen molar-refractivity contribution < 1.29 is 0 Å². The lowest BCUT2D eigenvalue weighted by Gasteiger charge is -2.33. The van der Waals surface area contributed by atoms with E-state index in [1.807, 2.05) is 12.5 Å². The van der Waals surface area contributed by atoms with Crippen molar-refractivity contribution in [1.29, 1.82) is 0 Å². The number of hydrogen-bond acceptors (Lipinski definition) is 3. The third-order valence-electron chi connectivity index (χ3n) is 3.74. The molecule has 2 heterocycles. The summed E-state index contributed by atoms with van der Waals surface area (Å²) in [5, 5.41) is 3.43. The topological polar surface area (TPSA) is 33.1 Å². The predicted octanol–water partition coefficient (Wildman–Crippen LogP) is 1.48. The van der Waals surface area contributed by atoms with Crippen LogP contribution in [-0.4, -0.2) is 40.1 Å². The van der Waals surface area contributed by atoms with E-state index < -0.39 is 0 Å². The molecule has 4 heteroatoms. The Kier molecular flexibility index (Phi) is 4.57. The third kappa shape index (κ3) is 3.07. The molecule has 0 radical (unpaired) electrons.